The molecule has 0 aromatic heterocycles. The van der Waals surface area contributed by atoms with Crippen molar-refractivity contribution >= 4 is 11.8 Å². The molecule has 22 heavy (non-hydrogen) atoms. The fourth-order valence-corrected chi connectivity index (χ4v) is 2.76. The summed E-state index contributed by atoms with van der Waals surface area (Å²) in [5.74, 6) is 1.02. The largest absolute Gasteiger partial charge is 0.493 e. The van der Waals surface area contributed by atoms with Gasteiger partial charge in [0, 0.05) is 25.3 Å². The number of piperidine rings is 1. The molecule has 0 saturated carbocycles. The number of rotatable bonds is 6. The Morgan fingerprint density at radius 2 is 1.73 bits per heavy atom. The van der Waals surface area contributed by atoms with E-state index in [-0.39, 0.29) is 17.7 Å². The molecule has 1 aromatic rings. The second kappa shape index (κ2) is 7.29. The SMILES string of the molecule is CCCCN1C(=O)CC(c2ccc(OC)c(OC)c2)CC1=O. The molecule has 0 atom stereocenters. The van der Waals surface area contributed by atoms with E-state index in [1.165, 1.54) is 4.90 Å². The molecule has 1 aliphatic heterocycles. The van der Waals surface area contributed by atoms with Crippen LogP contribution in [0.4, 0.5) is 0 Å². The predicted octanol–water partition coefficient (Wildman–Crippen LogP) is 2.74. The van der Waals surface area contributed by atoms with Crippen molar-refractivity contribution in [3.63, 3.8) is 0 Å². The van der Waals surface area contributed by atoms with Gasteiger partial charge in [-0.05, 0) is 24.1 Å². The lowest BCUT2D eigenvalue weighted by Crippen LogP contribution is -2.43. The van der Waals surface area contributed by atoms with Crippen molar-refractivity contribution in [2.45, 2.75) is 38.5 Å². The van der Waals surface area contributed by atoms with Gasteiger partial charge in [-0.2, -0.15) is 0 Å². The minimum absolute atomic E-state index is 0.0792. The number of nitrogens with zero attached hydrogens (tertiary/aromatic N) is 1. The number of carbonyl (C=O) groups is 2. The molecule has 2 rings (SSSR count). The molecule has 0 N–H and O–H groups in total. The average Bonchev–Trinajstić information content (AvgIpc) is 2.53. The van der Waals surface area contributed by atoms with Crippen LogP contribution in [0.25, 0.3) is 0 Å². The smallest absolute Gasteiger partial charge is 0.229 e. The summed E-state index contributed by atoms with van der Waals surface area (Å²) >= 11 is 0. The molecule has 0 aliphatic carbocycles. The molecular weight excluding hydrogens is 282 g/mol. The second-order valence-corrected chi connectivity index (χ2v) is 5.51. The second-order valence-electron chi connectivity index (χ2n) is 5.51. The molecule has 1 aromatic carbocycles. The maximum atomic E-state index is 12.2. The first kappa shape index (κ1) is 16.3. The van der Waals surface area contributed by atoms with Gasteiger partial charge in [-0.15, -0.1) is 0 Å². The van der Waals surface area contributed by atoms with Crippen LogP contribution >= 0.6 is 0 Å². The maximum Gasteiger partial charge on any atom is 0.229 e. The predicted molar refractivity (Wildman–Crippen MR) is 83.1 cm³/mol. The van der Waals surface area contributed by atoms with Gasteiger partial charge in [0.1, 0.15) is 0 Å². The zero-order valence-corrected chi connectivity index (χ0v) is 13.4. The van der Waals surface area contributed by atoms with Crippen molar-refractivity contribution in [1.82, 2.24) is 4.90 Å². The van der Waals surface area contributed by atoms with E-state index in [0.29, 0.717) is 30.9 Å². The topological polar surface area (TPSA) is 55.8 Å². The molecule has 1 aliphatic rings. The van der Waals surface area contributed by atoms with E-state index in [9.17, 15) is 9.59 Å². The van der Waals surface area contributed by atoms with Crippen LogP contribution in [0.15, 0.2) is 18.2 Å². The molecule has 1 saturated heterocycles. The molecule has 120 valence electrons. The summed E-state index contributed by atoms with van der Waals surface area (Å²) in [5.41, 5.74) is 0.939. The monoisotopic (exact) mass is 305 g/mol. The quantitative estimate of drug-likeness (QED) is 0.758. The molecule has 5 heteroatoms. The normalized spacial score (nSPS) is 16.0. The van der Waals surface area contributed by atoms with Crippen molar-refractivity contribution in [3.05, 3.63) is 23.8 Å². The zero-order valence-electron chi connectivity index (χ0n) is 13.4. The fraction of sp³-hybridized carbons (Fsp3) is 0.529. The molecule has 2 amide bonds. The number of hydrogen-bond donors (Lipinski definition) is 0. The first-order valence-corrected chi connectivity index (χ1v) is 7.65. The van der Waals surface area contributed by atoms with E-state index in [2.05, 4.69) is 0 Å². The molecule has 0 unspecified atom stereocenters. The van der Waals surface area contributed by atoms with Crippen LogP contribution in [0.1, 0.15) is 44.1 Å². The van der Waals surface area contributed by atoms with Gasteiger partial charge in [0.2, 0.25) is 11.8 Å². The highest BCUT2D eigenvalue weighted by Crippen LogP contribution is 2.35. The van der Waals surface area contributed by atoms with Crippen molar-refractivity contribution in [3.8, 4) is 11.5 Å². The van der Waals surface area contributed by atoms with E-state index >= 15 is 0 Å². The number of benzene rings is 1. The summed E-state index contributed by atoms with van der Waals surface area (Å²) < 4.78 is 10.5. The van der Waals surface area contributed by atoms with Gasteiger partial charge in [-0.1, -0.05) is 19.4 Å². The number of hydrogen-bond acceptors (Lipinski definition) is 4. The standard InChI is InChI=1S/C17H23NO4/c1-4-5-8-18-16(19)10-13(11-17(18)20)12-6-7-14(21-2)15(9-12)22-3/h6-7,9,13H,4-5,8,10-11H2,1-3H3. The van der Waals surface area contributed by atoms with Gasteiger partial charge in [0.15, 0.2) is 11.5 Å². The lowest BCUT2D eigenvalue weighted by Gasteiger charge is -2.30. The van der Waals surface area contributed by atoms with Crippen molar-refractivity contribution in [2.75, 3.05) is 20.8 Å². The lowest BCUT2D eigenvalue weighted by atomic mass is 9.88. The number of imide groups is 1. The zero-order chi connectivity index (χ0) is 16.1. The molecule has 1 fully saturated rings. The summed E-state index contributed by atoms with van der Waals surface area (Å²) in [6.45, 7) is 2.58. The maximum absolute atomic E-state index is 12.2. The Morgan fingerprint density at radius 1 is 1.09 bits per heavy atom. The molecule has 5 nitrogen and oxygen atoms in total. The van der Waals surface area contributed by atoms with Crippen LogP contribution in [0.3, 0.4) is 0 Å². The van der Waals surface area contributed by atoms with Gasteiger partial charge in [-0.25, -0.2) is 0 Å². The van der Waals surface area contributed by atoms with E-state index in [0.717, 1.165) is 18.4 Å². The lowest BCUT2D eigenvalue weighted by molar-refractivity contribution is -0.148. The first-order valence-electron chi connectivity index (χ1n) is 7.65. The van der Waals surface area contributed by atoms with Crippen LogP contribution in [0.2, 0.25) is 0 Å². The van der Waals surface area contributed by atoms with Gasteiger partial charge in [0.25, 0.3) is 0 Å². The first-order chi connectivity index (χ1) is 10.6. The molecule has 0 spiro atoms. The number of ether oxygens (including phenoxy) is 2. The number of methoxy groups -OCH3 is 2. The van der Waals surface area contributed by atoms with Gasteiger partial charge < -0.3 is 9.47 Å². The highest BCUT2D eigenvalue weighted by Gasteiger charge is 2.33. The van der Waals surface area contributed by atoms with Crippen LogP contribution in [-0.2, 0) is 9.59 Å². The van der Waals surface area contributed by atoms with Gasteiger partial charge in [0.05, 0.1) is 14.2 Å². The Morgan fingerprint density at radius 3 is 2.27 bits per heavy atom. The Kier molecular flexibility index (Phi) is 5.41. The Balaban J connectivity index is 2.15. The van der Waals surface area contributed by atoms with Crippen molar-refractivity contribution in [1.29, 1.82) is 0 Å². The summed E-state index contributed by atoms with van der Waals surface area (Å²) in [6.07, 6.45) is 2.56. The minimum atomic E-state index is -0.0855. The summed E-state index contributed by atoms with van der Waals surface area (Å²) in [7, 11) is 3.15. The van der Waals surface area contributed by atoms with E-state index in [4.69, 9.17) is 9.47 Å². The van der Waals surface area contributed by atoms with Crippen LogP contribution in [-0.4, -0.2) is 37.5 Å². The van der Waals surface area contributed by atoms with Crippen LogP contribution in [0, 0.1) is 0 Å². The van der Waals surface area contributed by atoms with Gasteiger partial charge >= 0.3 is 0 Å². The third kappa shape index (κ3) is 3.40. The minimum Gasteiger partial charge on any atom is -0.493 e. The Bertz CT molecular complexity index is 538. The summed E-state index contributed by atoms with van der Waals surface area (Å²) in [6, 6.07) is 5.56. The summed E-state index contributed by atoms with van der Waals surface area (Å²) in [4.78, 5) is 25.8. The number of likely N-dealkylation sites (tertiary alicyclic amines) is 1. The van der Waals surface area contributed by atoms with Crippen LogP contribution in [0.5, 0.6) is 11.5 Å². The Labute approximate surface area is 131 Å². The highest BCUT2D eigenvalue weighted by molar-refractivity contribution is 5.98. The fourth-order valence-electron chi connectivity index (χ4n) is 2.76. The van der Waals surface area contributed by atoms with E-state index in [1.807, 2.05) is 25.1 Å². The number of amides is 2. The molecule has 0 radical (unpaired) electrons. The number of unbranched alkanes of at least 4 members (excludes halogenated alkanes) is 1. The van der Waals surface area contributed by atoms with E-state index in [1.54, 1.807) is 14.2 Å². The average molecular weight is 305 g/mol. The van der Waals surface area contributed by atoms with Crippen molar-refractivity contribution in [2.24, 2.45) is 0 Å². The molecule has 1 heterocycles. The van der Waals surface area contributed by atoms with Gasteiger partial charge in [-0.3, -0.25) is 14.5 Å². The number of carbonyl (C=O) groups excluding carboxylic acids is 2. The highest BCUT2D eigenvalue weighted by atomic mass is 16.5. The van der Waals surface area contributed by atoms with E-state index < -0.39 is 0 Å². The third-order valence-corrected chi connectivity index (χ3v) is 4.06. The van der Waals surface area contributed by atoms with Crippen molar-refractivity contribution < 1.29 is 19.1 Å². The Hall–Kier alpha value is -2.04. The van der Waals surface area contributed by atoms with Crippen LogP contribution < -0.4 is 9.47 Å². The third-order valence-electron chi connectivity index (χ3n) is 4.06. The molecule has 0 bridgehead atoms. The molecular formula is C17H23NO4. The summed E-state index contributed by atoms with van der Waals surface area (Å²) in [5, 5.41) is 0.